The highest BCUT2D eigenvalue weighted by Crippen LogP contribution is 2.32. The highest BCUT2D eigenvalue weighted by Gasteiger charge is 2.24. The van der Waals surface area contributed by atoms with E-state index in [1.807, 2.05) is 12.1 Å². The number of nitrogens with two attached hydrogens (primary N) is 1. The predicted octanol–water partition coefficient (Wildman–Crippen LogP) is 2.67. The molecule has 0 aromatic heterocycles. The Morgan fingerprint density at radius 2 is 1.78 bits per heavy atom. The van der Waals surface area contributed by atoms with Gasteiger partial charge in [0.1, 0.15) is 5.75 Å². The molecule has 18 heavy (non-hydrogen) atoms. The minimum absolute atomic E-state index is 0.148. The Morgan fingerprint density at radius 1 is 1.22 bits per heavy atom. The first kappa shape index (κ1) is 15.0. The Hall–Kier alpha value is -1.06. The normalized spacial score (nSPS) is 13.7. The van der Waals surface area contributed by atoms with Crippen LogP contribution in [0.5, 0.6) is 5.75 Å². The van der Waals surface area contributed by atoms with Gasteiger partial charge in [0, 0.05) is 6.04 Å². The van der Waals surface area contributed by atoms with Gasteiger partial charge in [0.05, 0.1) is 7.11 Å². The Morgan fingerprint density at radius 3 is 2.17 bits per heavy atom. The molecule has 0 saturated carbocycles. The van der Waals surface area contributed by atoms with Crippen LogP contribution in [0.15, 0.2) is 24.3 Å². The van der Waals surface area contributed by atoms with Gasteiger partial charge in [-0.2, -0.15) is 0 Å². The number of benzene rings is 1. The molecular formula is C15H26N2O. The maximum atomic E-state index is 5.84. The largest absolute Gasteiger partial charge is 0.497 e. The molecule has 0 aliphatic rings. The SMILES string of the molecule is COc1ccc(C(CC(C)(C)CN)N(C)C)cc1. The van der Waals surface area contributed by atoms with E-state index in [4.69, 9.17) is 10.5 Å². The van der Waals surface area contributed by atoms with Gasteiger partial charge in [-0.25, -0.2) is 0 Å². The van der Waals surface area contributed by atoms with Crippen LogP contribution >= 0.6 is 0 Å². The number of hydrogen-bond donors (Lipinski definition) is 1. The van der Waals surface area contributed by atoms with Crippen molar-refractivity contribution in [3.8, 4) is 5.75 Å². The summed E-state index contributed by atoms with van der Waals surface area (Å²) >= 11 is 0. The van der Waals surface area contributed by atoms with Gasteiger partial charge in [0.2, 0.25) is 0 Å². The predicted molar refractivity (Wildman–Crippen MR) is 76.9 cm³/mol. The van der Waals surface area contributed by atoms with Crippen LogP contribution in [-0.2, 0) is 0 Å². The lowest BCUT2D eigenvalue weighted by Gasteiger charge is -2.33. The lowest BCUT2D eigenvalue weighted by atomic mass is 9.83. The van der Waals surface area contributed by atoms with Gasteiger partial charge >= 0.3 is 0 Å². The standard InChI is InChI=1S/C15H26N2O/c1-15(2,11-16)10-14(17(3)4)12-6-8-13(18-5)9-7-12/h6-9,14H,10-11,16H2,1-5H3. The van der Waals surface area contributed by atoms with Crippen molar-refractivity contribution in [1.82, 2.24) is 4.90 Å². The van der Waals surface area contributed by atoms with Gasteiger partial charge in [0.15, 0.2) is 0 Å². The smallest absolute Gasteiger partial charge is 0.118 e. The van der Waals surface area contributed by atoms with Gasteiger partial charge in [-0.1, -0.05) is 26.0 Å². The summed E-state index contributed by atoms with van der Waals surface area (Å²) in [5.74, 6) is 0.898. The second-order valence-electron chi connectivity index (χ2n) is 5.83. The fourth-order valence-corrected chi connectivity index (χ4v) is 2.03. The van der Waals surface area contributed by atoms with Crippen molar-refractivity contribution in [2.75, 3.05) is 27.7 Å². The summed E-state index contributed by atoms with van der Waals surface area (Å²) in [4.78, 5) is 2.25. The third-order valence-electron chi connectivity index (χ3n) is 3.42. The lowest BCUT2D eigenvalue weighted by Crippen LogP contribution is -2.31. The van der Waals surface area contributed by atoms with Crippen molar-refractivity contribution >= 4 is 0 Å². The summed E-state index contributed by atoms with van der Waals surface area (Å²) in [6.45, 7) is 5.13. The van der Waals surface area contributed by atoms with Crippen LogP contribution in [0, 0.1) is 5.41 Å². The van der Waals surface area contributed by atoms with Crippen LogP contribution in [-0.4, -0.2) is 32.6 Å². The van der Waals surface area contributed by atoms with Crippen LogP contribution in [0.4, 0.5) is 0 Å². The molecule has 1 atom stereocenters. The molecule has 0 spiro atoms. The molecule has 0 fully saturated rings. The van der Waals surface area contributed by atoms with E-state index in [-0.39, 0.29) is 5.41 Å². The molecule has 102 valence electrons. The first-order valence-electron chi connectivity index (χ1n) is 6.40. The second-order valence-corrected chi connectivity index (χ2v) is 5.83. The molecular weight excluding hydrogens is 224 g/mol. The Labute approximate surface area is 111 Å². The fourth-order valence-electron chi connectivity index (χ4n) is 2.03. The maximum absolute atomic E-state index is 5.84. The fraction of sp³-hybridized carbons (Fsp3) is 0.600. The zero-order valence-corrected chi connectivity index (χ0v) is 12.2. The molecule has 0 aliphatic heterocycles. The van der Waals surface area contributed by atoms with Gasteiger partial charge < -0.3 is 15.4 Å². The summed E-state index contributed by atoms with van der Waals surface area (Å²) in [5.41, 5.74) is 7.30. The number of hydrogen-bond acceptors (Lipinski definition) is 3. The maximum Gasteiger partial charge on any atom is 0.118 e. The molecule has 0 aliphatic carbocycles. The average molecular weight is 250 g/mol. The Balaban J connectivity index is 2.90. The number of methoxy groups -OCH3 is 1. The van der Waals surface area contributed by atoms with E-state index in [0.29, 0.717) is 12.6 Å². The first-order valence-corrected chi connectivity index (χ1v) is 6.40. The molecule has 0 amide bonds. The minimum atomic E-state index is 0.148. The molecule has 1 aromatic carbocycles. The summed E-state index contributed by atoms with van der Waals surface area (Å²) in [6.07, 6.45) is 1.04. The molecule has 3 nitrogen and oxygen atoms in total. The van der Waals surface area contributed by atoms with E-state index >= 15 is 0 Å². The zero-order chi connectivity index (χ0) is 13.8. The zero-order valence-electron chi connectivity index (χ0n) is 12.2. The van der Waals surface area contributed by atoms with Crippen LogP contribution in [0.25, 0.3) is 0 Å². The van der Waals surface area contributed by atoms with E-state index in [1.165, 1.54) is 5.56 Å². The molecule has 2 N–H and O–H groups in total. The van der Waals surface area contributed by atoms with Gasteiger partial charge in [0.25, 0.3) is 0 Å². The molecule has 3 heteroatoms. The monoisotopic (exact) mass is 250 g/mol. The van der Waals surface area contributed by atoms with E-state index in [0.717, 1.165) is 12.2 Å². The summed E-state index contributed by atoms with van der Waals surface area (Å²) in [7, 11) is 5.92. The van der Waals surface area contributed by atoms with Crippen LogP contribution in [0.3, 0.4) is 0 Å². The lowest BCUT2D eigenvalue weighted by molar-refractivity contribution is 0.202. The molecule has 0 radical (unpaired) electrons. The second kappa shape index (κ2) is 6.21. The average Bonchev–Trinajstić information content (AvgIpc) is 2.36. The summed E-state index contributed by atoms with van der Waals surface area (Å²) in [5, 5.41) is 0. The van der Waals surface area contributed by atoms with Crippen molar-refractivity contribution in [2.45, 2.75) is 26.3 Å². The Kier molecular flexibility index (Phi) is 5.17. The first-order chi connectivity index (χ1) is 8.39. The van der Waals surface area contributed by atoms with Crippen LogP contribution in [0.1, 0.15) is 31.9 Å². The van der Waals surface area contributed by atoms with E-state index in [9.17, 15) is 0 Å². The molecule has 0 bridgehead atoms. The van der Waals surface area contributed by atoms with Gasteiger partial charge in [-0.05, 0) is 50.2 Å². The van der Waals surface area contributed by atoms with Crippen LogP contribution < -0.4 is 10.5 Å². The molecule has 0 heterocycles. The highest BCUT2D eigenvalue weighted by molar-refractivity contribution is 5.29. The molecule has 1 unspecified atom stereocenters. The number of nitrogens with zero attached hydrogens (tertiary/aromatic N) is 1. The van der Waals surface area contributed by atoms with Crippen molar-refractivity contribution in [3.63, 3.8) is 0 Å². The van der Waals surface area contributed by atoms with Crippen molar-refractivity contribution in [3.05, 3.63) is 29.8 Å². The van der Waals surface area contributed by atoms with Crippen LogP contribution in [0.2, 0.25) is 0 Å². The van der Waals surface area contributed by atoms with Crippen molar-refractivity contribution < 1.29 is 4.74 Å². The number of ether oxygens (including phenoxy) is 1. The van der Waals surface area contributed by atoms with Crippen molar-refractivity contribution in [1.29, 1.82) is 0 Å². The number of rotatable bonds is 6. The minimum Gasteiger partial charge on any atom is -0.497 e. The highest BCUT2D eigenvalue weighted by atomic mass is 16.5. The van der Waals surface area contributed by atoms with Crippen molar-refractivity contribution in [2.24, 2.45) is 11.1 Å². The quantitative estimate of drug-likeness (QED) is 0.843. The van der Waals surface area contributed by atoms with E-state index in [2.05, 4.69) is 45.0 Å². The molecule has 1 aromatic rings. The van der Waals surface area contributed by atoms with E-state index in [1.54, 1.807) is 7.11 Å². The summed E-state index contributed by atoms with van der Waals surface area (Å²) < 4.78 is 5.20. The topological polar surface area (TPSA) is 38.5 Å². The third kappa shape index (κ3) is 4.00. The molecule has 0 saturated heterocycles. The van der Waals surface area contributed by atoms with Gasteiger partial charge in [-0.15, -0.1) is 0 Å². The van der Waals surface area contributed by atoms with E-state index < -0.39 is 0 Å². The summed E-state index contributed by atoms with van der Waals surface area (Å²) in [6, 6.07) is 8.68. The van der Waals surface area contributed by atoms with Gasteiger partial charge in [-0.3, -0.25) is 0 Å². The third-order valence-corrected chi connectivity index (χ3v) is 3.42. The Bertz CT molecular complexity index is 357. The molecule has 1 rings (SSSR count).